The highest BCUT2D eigenvalue weighted by Gasteiger charge is 2.34. The van der Waals surface area contributed by atoms with Crippen LogP contribution in [-0.2, 0) is 4.79 Å². The summed E-state index contributed by atoms with van der Waals surface area (Å²) in [5.74, 6) is 0.379. The number of rotatable bonds is 4. The lowest BCUT2D eigenvalue weighted by atomic mass is 10.2. The average Bonchev–Trinajstić information content (AvgIpc) is 3.33. The number of aliphatic imine (C=N–C) groups is 1. The second kappa shape index (κ2) is 8.49. The van der Waals surface area contributed by atoms with Crippen LogP contribution in [-0.4, -0.2) is 18.2 Å². The highest BCUT2D eigenvalue weighted by Crippen LogP contribution is 2.38. The van der Waals surface area contributed by atoms with E-state index in [1.807, 2.05) is 72.8 Å². The molecule has 3 aromatic carbocycles. The molecule has 1 aliphatic rings. The van der Waals surface area contributed by atoms with Gasteiger partial charge in [-0.2, -0.15) is 0 Å². The fourth-order valence-electron chi connectivity index (χ4n) is 3.34. The van der Waals surface area contributed by atoms with Crippen LogP contribution in [0.3, 0.4) is 0 Å². The Bertz CT molecular complexity index is 1420. The third-order valence-electron chi connectivity index (χ3n) is 4.76. The normalized spacial score (nSPS) is 16.4. The molecule has 158 valence electrons. The molecule has 0 spiro atoms. The minimum Gasteiger partial charge on any atom is -0.493 e. The molecular formula is C24H17N3O3S2. The molecule has 1 aromatic heterocycles. The quantitative estimate of drug-likeness (QED) is 0.392. The highest BCUT2D eigenvalue weighted by molar-refractivity contribution is 8.19. The Balaban J connectivity index is 1.60. The van der Waals surface area contributed by atoms with E-state index < -0.39 is 0 Å². The number of para-hydroxylation sites is 2. The predicted molar refractivity (Wildman–Crippen MR) is 130 cm³/mol. The van der Waals surface area contributed by atoms with Crippen LogP contribution in [0.2, 0.25) is 0 Å². The number of anilines is 1. The maximum absolute atomic E-state index is 13.4. The summed E-state index contributed by atoms with van der Waals surface area (Å²) in [6.07, 6.45) is 1.82. The molecule has 2 heterocycles. The fraction of sp³-hybridized carbons (Fsp3) is 0.0417. The van der Waals surface area contributed by atoms with Gasteiger partial charge in [-0.25, -0.2) is 4.99 Å². The van der Waals surface area contributed by atoms with Gasteiger partial charge >= 0.3 is 0 Å². The Hall–Kier alpha value is -3.62. The van der Waals surface area contributed by atoms with Gasteiger partial charge in [0.2, 0.25) is 0 Å². The first-order chi connectivity index (χ1) is 15.6. The van der Waals surface area contributed by atoms with Gasteiger partial charge < -0.3 is 9.15 Å². The van der Waals surface area contributed by atoms with Crippen LogP contribution in [0.15, 0.2) is 87.1 Å². The molecule has 1 N–H and O–H groups in total. The number of hydrogen-bond acceptors (Lipinski definition) is 7. The van der Waals surface area contributed by atoms with Gasteiger partial charge in [0.05, 0.1) is 28.1 Å². The second-order valence-electron chi connectivity index (χ2n) is 6.86. The van der Waals surface area contributed by atoms with Crippen LogP contribution in [0.25, 0.3) is 16.4 Å². The minimum absolute atomic E-state index is 0.0990. The zero-order valence-corrected chi connectivity index (χ0v) is 18.6. The van der Waals surface area contributed by atoms with Crippen molar-refractivity contribution in [1.82, 2.24) is 0 Å². The minimum atomic E-state index is -0.146. The number of amides is 1. The van der Waals surface area contributed by atoms with Gasteiger partial charge in [-0.15, -0.1) is 0 Å². The molecule has 4 aromatic rings. The number of nitrogens with one attached hydrogen (secondary N) is 1. The summed E-state index contributed by atoms with van der Waals surface area (Å²) in [7, 11) is 1.56. The van der Waals surface area contributed by atoms with Crippen LogP contribution >= 0.6 is 23.1 Å². The molecule has 0 radical (unpaired) electrons. The molecule has 1 fully saturated rings. The maximum atomic E-state index is 13.4. The summed E-state index contributed by atoms with van der Waals surface area (Å²) in [4.78, 5) is 20.4. The number of ether oxygens (including phenoxy) is 1. The molecule has 0 saturated carbocycles. The van der Waals surface area contributed by atoms with Crippen molar-refractivity contribution in [3.05, 3.63) is 88.1 Å². The Kier molecular flexibility index (Phi) is 5.38. The van der Waals surface area contributed by atoms with E-state index in [-0.39, 0.29) is 10.8 Å². The lowest BCUT2D eigenvalue weighted by molar-refractivity contribution is -0.113. The highest BCUT2D eigenvalue weighted by atomic mass is 32.2. The fourth-order valence-corrected chi connectivity index (χ4v) is 5.10. The molecule has 0 bridgehead atoms. The molecule has 1 saturated heterocycles. The van der Waals surface area contributed by atoms with Gasteiger partial charge in [-0.1, -0.05) is 47.7 Å². The summed E-state index contributed by atoms with van der Waals surface area (Å²) in [6, 6.07) is 22.7. The molecule has 5 rings (SSSR count). The van der Waals surface area contributed by atoms with Crippen LogP contribution in [0, 0.1) is 5.41 Å². The third-order valence-corrected chi connectivity index (χ3v) is 6.52. The Morgan fingerprint density at radius 2 is 1.78 bits per heavy atom. The average molecular weight is 460 g/mol. The maximum Gasteiger partial charge on any atom is 0.271 e. The van der Waals surface area contributed by atoms with Gasteiger partial charge in [-0.05, 0) is 59.8 Å². The van der Waals surface area contributed by atoms with Crippen molar-refractivity contribution < 1.29 is 13.9 Å². The Labute approximate surface area is 192 Å². The number of carbonyl (C=O) groups is 1. The molecule has 8 heteroatoms. The zero-order chi connectivity index (χ0) is 22.1. The summed E-state index contributed by atoms with van der Waals surface area (Å²) in [6.45, 7) is 0. The number of amidine groups is 1. The summed E-state index contributed by atoms with van der Waals surface area (Å²) >= 11 is 2.54. The Morgan fingerprint density at radius 3 is 2.50 bits per heavy atom. The SMILES string of the molecule is COc1cc(/C=C2/SC(=Nc3ccccc3)N(c3ccccc3)C2=O)cc2sc(=N)oc12. The zero-order valence-electron chi connectivity index (χ0n) is 16.9. The molecule has 1 amide bonds. The largest absolute Gasteiger partial charge is 0.493 e. The van der Waals surface area contributed by atoms with Crippen LogP contribution in [0.4, 0.5) is 11.4 Å². The van der Waals surface area contributed by atoms with E-state index in [2.05, 4.69) is 0 Å². The number of nitrogens with zero attached hydrogens (tertiary/aromatic N) is 2. The van der Waals surface area contributed by atoms with Crippen LogP contribution in [0.5, 0.6) is 5.75 Å². The third kappa shape index (κ3) is 3.86. The van der Waals surface area contributed by atoms with Crippen molar-refractivity contribution in [2.45, 2.75) is 0 Å². The Morgan fingerprint density at radius 1 is 1.06 bits per heavy atom. The van der Waals surface area contributed by atoms with E-state index in [1.165, 1.54) is 23.1 Å². The van der Waals surface area contributed by atoms with E-state index in [0.29, 0.717) is 21.4 Å². The van der Waals surface area contributed by atoms with Crippen LogP contribution in [0.1, 0.15) is 5.56 Å². The van der Waals surface area contributed by atoms with Gasteiger partial charge in [0, 0.05) is 0 Å². The first kappa shape index (κ1) is 20.3. The van der Waals surface area contributed by atoms with Gasteiger partial charge in [0.15, 0.2) is 16.5 Å². The first-order valence-electron chi connectivity index (χ1n) is 9.71. The van der Waals surface area contributed by atoms with Crippen molar-refractivity contribution in [3.8, 4) is 5.75 Å². The number of methoxy groups -OCH3 is 1. The van der Waals surface area contributed by atoms with Gasteiger partial charge in [0.1, 0.15) is 0 Å². The predicted octanol–water partition coefficient (Wildman–Crippen LogP) is 5.79. The lowest BCUT2D eigenvalue weighted by Crippen LogP contribution is -2.28. The number of hydrogen-bond donors (Lipinski definition) is 1. The molecule has 32 heavy (non-hydrogen) atoms. The molecular weight excluding hydrogens is 442 g/mol. The van der Waals surface area contributed by atoms with E-state index in [0.717, 1.165) is 21.6 Å². The van der Waals surface area contributed by atoms with E-state index in [4.69, 9.17) is 19.6 Å². The summed E-state index contributed by atoms with van der Waals surface area (Å²) < 4.78 is 11.7. The van der Waals surface area contributed by atoms with E-state index in [9.17, 15) is 4.79 Å². The lowest BCUT2D eigenvalue weighted by Gasteiger charge is -2.15. The van der Waals surface area contributed by atoms with E-state index >= 15 is 0 Å². The van der Waals surface area contributed by atoms with Crippen molar-refractivity contribution >= 4 is 61.9 Å². The number of fused-ring (bicyclic) bond motifs is 1. The van der Waals surface area contributed by atoms with Gasteiger partial charge in [-0.3, -0.25) is 15.1 Å². The second-order valence-corrected chi connectivity index (χ2v) is 8.88. The first-order valence-corrected chi connectivity index (χ1v) is 11.3. The molecule has 1 aliphatic heterocycles. The van der Waals surface area contributed by atoms with Crippen LogP contribution < -0.4 is 14.5 Å². The van der Waals surface area contributed by atoms with E-state index in [1.54, 1.807) is 18.1 Å². The molecule has 6 nitrogen and oxygen atoms in total. The van der Waals surface area contributed by atoms with Gasteiger partial charge in [0.25, 0.3) is 10.8 Å². The summed E-state index contributed by atoms with van der Waals surface area (Å²) in [5.41, 5.74) is 2.85. The summed E-state index contributed by atoms with van der Waals surface area (Å²) in [5, 5.41) is 8.37. The molecule has 0 atom stereocenters. The molecule has 0 aliphatic carbocycles. The van der Waals surface area contributed by atoms with Crippen molar-refractivity contribution in [3.63, 3.8) is 0 Å². The topological polar surface area (TPSA) is 78.9 Å². The smallest absolute Gasteiger partial charge is 0.271 e. The van der Waals surface area contributed by atoms with Crippen molar-refractivity contribution in [2.75, 3.05) is 12.0 Å². The molecule has 0 unspecified atom stereocenters. The number of thioether (sulfide) groups is 1. The standard InChI is InChI=1S/C24H17N3O3S2/c1-29-18-12-15(13-19-21(18)30-23(25)31-19)14-20-22(28)27(17-10-6-3-7-11-17)24(32-20)26-16-8-4-2-5-9-16/h2-14,25H,1H3/b20-14+,25-23?,26-24?. The monoisotopic (exact) mass is 459 g/mol. The van der Waals surface area contributed by atoms with Crippen molar-refractivity contribution in [1.29, 1.82) is 5.41 Å². The van der Waals surface area contributed by atoms with Crippen molar-refractivity contribution in [2.24, 2.45) is 4.99 Å². The number of carbonyl (C=O) groups excluding carboxylic acids is 1. The number of benzene rings is 3.